The lowest BCUT2D eigenvalue weighted by Gasteiger charge is -2.16. The van der Waals surface area contributed by atoms with Crippen molar-refractivity contribution in [2.75, 3.05) is 19.8 Å². The Balaban J connectivity index is 0. The molecule has 7 N–H and O–H groups in total. The van der Waals surface area contributed by atoms with Crippen LogP contribution in [0.25, 0.3) is 0 Å². The maximum Gasteiger partial charge on any atom is 0.151 e. The summed E-state index contributed by atoms with van der Waals surface area (Å²) in [5, 5.41) is 58.1. The van der Waals surface area contributed by atoms with E-state index in [0.717, 1.165) is 0 Å². The van der Waals surface area contributed by atoms with Crippen LogP contribution in [0.2, 0.25) is 0 Å². The van der Waals surface area contributed by atoms with E-state index in [1.165, 1.54) is 0 Å². The van der Waals surface area contributed by atoms with Gasteiger partial charge in [0, 0.05) is 0 Å². The van der Waals surface area contributed by atoms with Crippen LogP contribution in [0.1, 0.15) is 0 Å². The summed E-state index contributed by atoms with van der Waals surface area (Å²) >= 11 is 0. The van der Waals surface area contributed by atoms with Crippen molar-refractivity contribution in [2.24, 2.45) is 0 Å². The van der Waals surface area contributed by atoms with Crippen molar-refractivity contribution in [3.63, 3.8) is 0 Å². The molecule has 0 bridgehead atoms. The minimum absolute atomic E-state index is 0.0869. The van der Waals surface area contributed by atoms with Gasteiger partial charge in [-0.25, -0.2) is 0 Å². The first-order chi connectivity index (χ1) is 7.44. The lowest BCUT2D eigenvalue weighted by molar-refractivity contribution is -0.127. The summed E-state index contributed by atoms with van der Waals surface area (Å²) in [4.78, 5) is 9.76. The molecule has 8 nitrogen and oxygen atoms in total. The molecule has 0 rings (SSSR count). The van der Waals surface area contributed by atoms with Gasteiger partial charge in [0.15, 0.2) is 6.29 Å². The van der Waals surface area contributed by atoms with E-state index in [-0.39, 0.29) is 19.5 Å². The molecule has 0 radical (unpaired) electrons. The van der Waals surface area contributed by atoms with Gasteiger partial charge in [0.25, 0.3) is 0 Å². The number of aliphatic hydroxyl groups excluding tert-OH is 7. The number of aliphatic hydroxyl groups is 7. The maximum atomic E-state index is 9.76. The first-order valence-corrected chi connectivity index (χ1v) is 4.44. The molecule has 0 unspecified atom stereocenters. The molecule has 0 aromatic heterocycles. The summed E-state index contributed by atoms with van der Waals surface area (Å²) in [5.41, 5.74) is 0. The Kier molecular flexibility index (Phi) is 12.1. The molecule has 0 aromatic carbocycles. The van der Waals surface area contributed by atoms with Gasteiger partial charge >= 0.3 is 0 Å². The van der Waals surface area contributed by atoms with E-state index in [0.29, 0.717) is 0 Å². The van der Waals surface area contributed by atoms with E-state index in [4.69, 9.17) is 35.7 Å². The number of carbonyl (C=O) groups is 1. The molecule has 0 spiro atoms. The highest BCUT2D eigenvalue weighted by Crippen LogP contribution is 1.96. The van der Waals surface area contributed by atoms with Crippen molar-refractivity contribution in [2.45, 2.75) is 24.4 Å². The van der Waals surface area contributed by atoms with Crippen molar-refractivity contribution < 1.29 is 40.5 Å². The Labute approximate surface area is 92.0 Å². The fourth-order valence-electron chi connectivity index (χ4n) is 0.474. The minimum Gasteiger partial charge on any atom is -0.394 e. The summed E-state index contributed by atoms with van der Waals surface area (Å²) in [6, 6.07) is 0. The highest BCUT2D eigenvalue weighted by molar-refractivity contribution is 5.56. The second-order valence-electron chi connectivity index (χ2n) is 2.89. The standard InChI is InChI=1S/C5H10O5.C3H8O3/c6-1-3(8)5(10)4(9)2-7;4-1-3(6)2-5/h1,3-5,7-10H,2H2;3-6H,1-2H2/t3-,4-,5+;/m0./s1. The zero-order valence-corrected chi connectivity index (χ0v) is 8.55. The lowest BCUT2D eigenvalue weighted by Crippen LogP contribution is -2.40. The summed E-state index contributed by atoms with van der Waals surface area (Å²) in [6.45, 7) is -1.42. The normalized spacial score (nSPS) is 16.0. The Morgan fingerprint density at radius 2 is 1.31 bits per heavy atom. The summed E-state index contributed by atoms with van der Waals surface area (Å²) in [6.07, 6.45) is -5.58. The van der Waals surface area contributed by atoms with Gasteiger partial charge in [0.05, 0.1) is 19.8 Å². The van der Waals surface area contributed by atoms with Crippen LogP contribution >= 0.6 is 0 Å². The van der Waals surface area contributed by atoms with E-state index in [1.54, 1.807) is 0 Å². The molecule has 0 amide bonds. The first kappa shape index (κ1) is 17.8. The van der Waals surface area contributed by atoms with Crippen LogP contribution in [0, 0.1) is 0 Å². The number of hydrogen-bond acceptors (Lipinski definition) is 8. The topological polar surface area (TPSA) is 159 Å². The quantitative estimate of drug-likeness (QED) is 0.230. The van der Waals surface area contributed by atoms with Gasteiger partial charge in [-0.3, -0.25) is 0 Å². The largest absolute Gasteiger partial charge is 0.394 e. The molecule has 8 heteroatoms. The van der Waals surface area contributed by atoms with Crippen molar-refractivity contribution >= 4 is 6.29 Å². The highest BCUT2D eigenvalue weighted by atomic mass is 16.4. The molecule has 16 heavy (non-hydrogen) atoms. The molecule has 0 saturated carbocycles. The van der Waals surface area contributed by atoms with Gasteiger partial charge in [-0.15, -0.1) is 0 Å². The minimum atomic E-state index is -1.64. The molecule has 98 valence electrons. The summed E-state index contributed by atoms with van der Waals surface area (Å²) < 4.78 is 0. The van der Waals surface area contributed by atoms with Gasteiger partial charge in [0.1, 0.15) is 24.4 Å². The Hall–Kier alpha value is -0.610. The molecule has 0 aromatic rings. The predicted octanol–water partition coefficient (Wildman–Crippen LogP) is -4.41. The summed E-state index contributed by atoms with van der Waals surface area (Å²) in [7, 11) is 0. The Morgan fingerprint density at radius 3 is 1.50 bits per heavy atom. The molecule has 0 aliphatic heterocycles. The second kappa shape index (κ2) is 10.9. The fourth-order valence-corrected chi connectivity index (χ4v) is 0.474. The predicted molar refractivity (Wildman–Crippen MR) is 51.3 cm³/mol. The molecule has 0 aliphatic carbocycles. The number of aldehydes is 1. The highest BCUT2D eigenvalue weighted by Gasteiger charge is 2.22. The Morgan fingerprint density at radius 1 is 0.875 bits per heavy atom. The van der Waals surface area contributed by atoms with Gasteiger partial charge in [-0.1, -0.05) is 0 Å². The van der Waals surface area contributed by atoms with Gasteiger partial charge in [-0.05, 0) is 0 Å². The zero-order valence-electron chi connectivity index (χ0n) is 8.55. The van der Waals surface area contributed by atoms with Gasteiger partial charge in [-0.2, -0.15) is 0 Å². The number of hydrogen-bond donors (Lipinski definition) is 7. The average molecular weight is 242 g/mol. The first-order valence-electron chi connectivity index (χ1n) is 4.44. The SMILES string of the molecule is O=C[C@H](O)[C@@H](O)[C@@H](O)CO.OCC(O)CO. The molecule has 0 aliphatic rings. The third kappa shape index (κ3) is 8.68. The zero-order chi connectivity index (χ0) is 13.1. The average Bonchev–Trinajstić information content (AvgIpc) is 2.35. The molecule has 3 atom stereocenters. The van der Waals surface area contributed by atoms with E-state index in [2.05, 4.69) is 0 Å². The van der Waals surface area contributed by atoms with E-state index >= 15 is 0 Å². The van der Waals surface area contributed by atoms with Crippen LogP contribution in [0.5, 0.6) is 0 Å². The molecule has 0 fully saturated rings. The maximum absolute atomic E-state index is 9.76. The number of carbonyl (C=O) groups excluding carboxylic acids is 1. The van der Waals surface area contributed by atoms with E-state index < -0.39 is 31.0 Å². The third-order valence-corrected chi connectivity index (χ3v) is 1.49. The van der Waals surface area contributed by atoms with Crippen molar-refractivity contribution in [1.29, 1.82) is 0 Å². The number of rotatable bonds is 6. The second-order valence-corrected chi connectivity index (χ2v) is 2.89. The molecular formula is C8H18O8. The van der Waals surface area contributed by atoms with Crippen LogP contribution in [0.4, 0.5) is 0 Å². The lowest BCUT2D eigenvalue weighted by atomic mass is 10.1. The van der Waals surface area contributed by atoms with Crippen molar-refractivity contribution in [1.82, 2.24) is 0 Å². The van der Waals surface area contributed by atoms with Crippen LogP contribution in [-0.2, 0) is 4.79 Å². The van der Waals surface area contributed by atoms with Crippen LogP contribution in [-0.4, -0.2) is 86.3 Å². The van der Waals surface area contributed by atoms with Crippen LogP contribution in [0.3, 0.4) is 0 Å². The molecule has 0 saturated heterocycles. The third-order valence-electron chi connectivity index (χ3n) is 1.49. The summed E-state index contributed by atoms with van der Waals surface area (Å²) in [5.74, 6) is 0. The van der Waals surface area contributed by atoms with Crippen LogP contribution in [0.15, 0.2) is 0 Å². The Bertz CT molecular complexity index is 160. The van der Waals surface area contributed by atoms with Crippen molar-refractivity contribution in [3.8, 4) is 0 Å². The smallest absolute Gasteiger partial charge is 0.151 e. The van der Waals surface area contributed by atoms with Gasteiger partial charge < -0.3 is 40.5 Å². The van der Waals surface area contributed by atoms with Crippen molar-refractivity contribution in [3.05, 3.63) is 0 Å². The van der Waals surface area contributed by atoms with E-state index in [1.807, 2.05) is 0 Å². The molecular weight excluding hydrogens is 224 g/mol. The van der Waals surface area contributed by atoms with E-state index in [9.17, 15) is 4.79 Å². The monoisotopic (exact) mass is 242 g/mol. The van der Waals surface area contributed by atoms with Gasteiger partial charge in [0.2, 0.25) is 0 Å². The fraction of sp³-hybridized carbons (Fsp3) is 0.875. The van der Waals surface area contributed by atoms with Crippen LogP contribution < -0.4 is 0 Å². The molecule has 0 heterocycles.